The van der Waals surface area contributed by atoms with Gasteiger partial charge < -0.3 is 84.6 Å². The summed E-state index contributed by atoms with van der Waals surface area (Å²) in [5.74, 6) is -1.78. The lowest BCUT2D eigenvalue weighted by atomic mass is 9.72. The maximum Gasteiger partial charge on any atom is 0.330 e. The van der Waals surface area contributed by atoms with Gasteiger partial charge in [-0.3, -0.25) is 0 Å². The molecule has 0 aromatic rings. The molecule has 3 aliphatic carbocycles. The molecular formula is C35H56O18. The van der Waals surface area contributed by atoms with Crippen molar-refractivity contribution in [1.82, 2.24) is 0 Å². The molecule has 3 saturated carbocycles. The minimum atomic E-state index is -1.80. The molecule has 0 bridgehead atoms. The van der Waals surface area contributed by atoms with Crippen molar-refractivity contribution in [2.75, 3.05) is 13.2 Å². The van der Waals surface area contributed by atoms with Gasteiger partial charge in [0.1, 0.15) is 49.3 Å². The monoisotopic (exact) mass is 764 g/mol. The molecule has 53 heavy (non-hydrogen) atoms. The Morgan fingerprint density at radius 3 is 2.08 bits per heavy atom. The molecule has 0 radical (unpaired) electrons. The lowest BCUT2D eigenvalue weighted by Gasteiger charge is -2.51. The Labute approximate surface area is 306 Å². The van der Waals surface area contributed by atoms with Gasteiger partial charge in [0.2, 0.25) is 0 Å². The zero-order valence-corrected chi connectivity index (χ0v) is 29.3. The third kappa shape index (κ3) is 9.58. The molecule has 18 nitrogen and oxygen atoms in total. The molecule has 3 saturated heterocycles. The minimum absolute atomic E-state index is 0.114. The van der Waals surface area contributed by atoms with Crippen molar-refractivity contribution in [3.63, 3.8) is 0 Å². The highest BCUT2D eigenvalue weighted by Gasteiger charge is 2.54. The summed E-state index contributed by atoms with van der Waals surface area (Å²) in [6, 6.07) is 0. The number of hydrogen-bond acceptors (Lipinski definition) is 18. The number of aliphatic hydroxyl groups excluding tert-OH is 11. The van der Waals surface area contributed by atoms with E-state index in [2.05, 4.69) is 0 Å². The highest BCUT2D eigenvalue weighted by atomic mass is 16.8. The molecule has 21 atom stereocenters. The second-order valence-corrected chi connectivity index (χ2v) is 15.7. The number of hydrogen-bond donors (Lipinski definition) is 11. The van der Waals surface area contributed by atoms with Gasteiger partial charge in [0, 0.05) is 12.0 Å². The first kappa shape index (κ1) is 41.2. The van der Waals surface area contributed by atoms with E-state index in [0.29, 0.717) is 19.3 Å². The van der Waals surface area contributed by atoms with Crippen molar-refractivity contribution >= 4 is 5.97 Å². The van der Waals surface area contributed by atoms with E-state index in [1.54, 1.807) is 6.08 Å². The molecule has 6 rings (SSSR count). The number of fused-ring (bicyclic) bond motifs is 1. The van der Waals surface area contributed by atoms with E-state index in [4.69, 9.17) is 28.4 Å². The zero-order valence-electron chi connectivity index (χ0n) is 29.3. The van der Waals surface area contributed by atoms with Crippen LogP contribution in [0, 0.1) is 17.8 Å². The second-order valence-electron chi connectivity index (χ2n) is 15.7. The summed E-state index contributed by atoms with van der Waals surface area (Å²) in [5.41, 5.74) is 0. The number of rotatable bonds is 9. The Bertz CT molecular complexity index is 1230. The molecule has 18 heteroatoms. The van der Waals surface area contributed by atoms with Crippen LogP contribution < -0.4 is 0 Å². The lowest BCUT2D eigenvalue weighted by Crippen LogP contribution is -2.65. The Morgan fingerprint density at radius 2 is 1.36 bits per heavy atom. The predicted octanol–water partition coefficient (Wildman–Crippen LogP) is -3.92. The Kier molecular flexibility index (Phi) is 13.8. The molecule has 0 amide bonds. The topological polar surface area (TPSA) is 295 Å². The first-order chi connectivity index (χ1) is 25.2. The fourth-order valence-electron chi connectivity index (χ4n) is 8.69. The minimum Gasteiger partial charge on any atom is -0.460 e. The molecule has 3 aliphatic heterocycles. The summed E-state index contributed by atoms with van der Waals surface area (Å²) in [6.45, 7) is -0.972. The quantitative estimate of drug-likeness (QED) is 0.0789. The summed E-state index contributed by atoms with van der Waals surface area (Å²) < 4.78 is 35.8. The molecular weight excluding hydrogens is 708 g/mol. The van der Waals surface area contributed by atoms with Gasteiger partial charge in [0.25, 0.3) is 0 Å². The average molecular weight is 765 g/mol. The van der Waals surface area contributed by atoms with Crippen molar-refractivity contribution < 1.29 is 89.4 Å². The number of carbonyl (C=O) groups is 1. The SMILES string of the molecule is O=C(C=CC1CCC(O)C(O)C1)OCC1OC(OC2CC3C(O)CC(O)CC3OC2C2CCC(O)C(O)C2)C(OC2OCC(O)C(O)C2O)C(O)C1O. The van der Waals surface area contributed by atoms with Gasteiger partial charge in [-0.15, -0.1) is 0 Å². The number of esters is 1. The van der Waals surface area contributed by atoms with Crippen molar-refractivity contribution in [2.24, 2.45) is 17.8 Å². The van der Waals surface area contributed by atoms with Crippen LogP contribution in [0.3, 0.4) is 0 Å². The predicted molar refractivity (Wildman–Crippen MR) is 175 cm³/mol. The molecule has 6 aliphatic rings. The normalized spacial score (nSPS) is 51.1. The number of aliphatic hydroxyl groups is 11. The molecule has 0 aromatic heterocycles. The first-order valence-corrected chi connectivity index (χ1v) is 18.8. The molecule has 3 heterocycles. The van der Waals surface area contributed by atoms with E-state index in [9.17, 15) is 61.0 Å². The average Bonchev–Trinajstić information content (AvgIpc) is 3.12. The van der Waals surface area contributed by atoms with E-state index in [0.717, 1.165) is 0 Å². The van der Waals surface area contributed by atoms with Gasteiger partial charge in [0.15, 0.2) is 12.6 Å². The summed E-state index contributed by atoms with van der Waals surface area (Å²) in [5, 5.41) is 115. The first-order valence-electron chi connectivity index (χ1n) is 18.8. The van der Waals surface area contributed by atoms with Crippen LogP contribution in [0.5, 0.6) is 0 Å². The standard InChI is InChI=1S/C35H56O18/c36-16-9-20(39)17-11-25(32(50-24(17)10-16)15-3-5-19(38)22(41)8-15)51-35-33(53-34-31(47)28(44)23(42)12-49-34)30(46)29(45)26(52-35)13-48-27(43)6-2-14-1-4-18(37)21(40)7-14/h2,6,14-26,28-42,44-47H,1,3-5,7-13H2. The van der Waals surface area contributed by atoms with E-state index in [1.807, 2.05) is 0 Å². The molecule has 0 spiro atoms. The van der Waals surface area contributed by atoms with E-state index < -0.39 is 135 Å². The lowest BCUT2D eigenvalue weighted by molar-refractivity contribution is -0.371. The molecule has 11 N–H and O–H groups in total. The van der Waals surface area contributed by atoms with Gasteiger partial charge in [-0.05, 0) is 69.6 Å². The van der Waals surface area contributed by atoms with Crippen LogP contribution in [-0.2, 0) is 33.2 Å². The van der Waals surface area contributed by atoms with Crippen LogP contribution in [0.15, 0.2) is 12.2 Å². The smallest absolute Gasteiger partial charge is 0.330 e. The summed E-state index contributed by atoms with van der Waals surface area (Å²) in [6.07, 6.45) is -16.8. The van der Waals surface area contributed by atoms with Gasteiger partial charge in [-0.2, -0.15) is 0 Å². The summed E-state index contributed by atoms with van der Waals surface area (Å²) in [7, 11) is 0. The third-order valence-corrected chi connectivity index (χ3v) is 11.9. The molecule has 0 aromatic carbocycles. The summed E-state index contributed by atoms with van der Waals surface area (Å²) >= 11 is 0. The molecule has 304 valence electrons. The Hall–Kier alpha value is -1.43. The van der Waals surface area contributed by atoms with Crippen LogP contribution in [0.25, 0.3) is 0 Å². The van der Waals surface area contributed by atoms with Crippen LogP contribution in [0.4, 0.5) is 0 Å². The van der Waals surface area contributed by atoms with Crippen LogP contribution in [-0.4, -0.2) is 186 Å². The fraction of sp³-hybridized carbons (Fsp3) is 0.914. The maximum atomic E-state index is 12.7. The number of carbonyl (C=O) groups excluding carboxylic acids is 1. The van der Waals surface area contributed by atoms with Crippen molar-refractivity contribution in [3.05, 3.63) is 12.2 Å². The number of ether oxygens (including phenoxy) is 6. The third-order valence-electron chi connectivity index (χ3n) is 11.9. The number of allylic oxidation sites excluding steroid dienone is 1. The zero-order chi connectivity index (χ0) is 38.1. The van der Waals surface area contributed by atoms with E-state index in [-0.39, 0.29) is 50.4 Å². The largest absolute Gasteiger partial charge is 0.460 e. The van der Waals surface area contributed by atoms with Gasteiger partial charge in [-0.25, -0.2) is 4.79 Å². The molecule has 21 unspecified atom stereocenters. The van der Waals surface area contributed by atoms with Crippen LogP contribution in [0.1, 0.15) is 57.8 Å². The molecule has 6 fully saturated rings. The van der Waals surface area contributed by atoms with E-state index >= 15 is 0 Å². The highest BCUT2D eigenvalue weighted by molar-refractivity contribution is 5.81. The maximum absolute atomic E-state index is 12.7. The van der Waals surface area contributed by atoms with Gasteiger partial charge >= 0.3 is 5.97 Å². The van der Waals surface area contributed by atoms with Gasteiger partial charge in [0.05, 0.1) is 61.5 Å². The Balaban J connectivity index is 1.20. The van der Waals surface area contributed by atoms with Crippen molar-refractivity contribution in [2.45, 2.75) is 168 Å². The van der Waals surface area contributed by atoms with E-state index in [1.165, 1.54) is 6.08 Å². The van der Waals surface area contributed by atoms with Gasteiger partial charge in [-0.1, -0.05) is 6.08 Å². The van der Waals surface area contributed by atoms with Crippen molar-refractivity contribution in [3.8, 4) is 0 Å². The van der Waals surface area contributed by atoms with Crippen molar-refractivity contribution in [1.29, 1.82) is 0 Å². The Morgan fingerprint density at radius 1 is 0.642 bits per heavy atom. The summed E-state index contributed by atoms with van der Waals surface area (Å²) in [4.78, 5) is 12.7. The van der Waals surface area contributed by atoms with Crippen LogP contribution >= 0.6 is 0 Å². The fourth-order valence-corrected chi connectivity index (χ4v) is 8.69. The highest BCUT2D eigenvalue weighted by Crippen LogP contribution is 2.44. The second kappa shape index (κ2) is 17.8. The van der Waals surface area contributed by atoms with Crippen LogP contribution in [0.2, 0.25) is 0 Å².